The average Bonchev–Trinajstić information content (AvgIpc) is 3.42. The molecule has 3 aromatic rings. The summed E-state index contributed by atoms with van der Waals surface area (Å²) < 4.78 is 11.1. The summed E-state index contributed by atoms with van der Waals surface area (Å²) in [6.07, 6.45) is -0.245. The maximum atomic E-state index is 12.8. The molecule has 0 aliphatic carbocycles. The Hall–Kier alpha value is -3.52. The summed E-state index contributed by atoms with van der Waals surface area (Å²) in [5.74, 6) is -0.281. The fourth-order valence-electron chi connectivity index (χ4n) is 3.72. The van der Waals surface area contributed by atoms with Gasteiger partial charge in [-0.15, -0.1) is 11.3 Å². The number of aromatic nitrogens is 1. The van der Waals surface area contributed by atoms with Crippen LogP contribution in [0, 0.1) is 6.92 Å². The second-order valence-corrected chi connectivity index (χ2v) is 8.91. The minimum absolute atomic E-state index is 0.0234. The molecule has 33 heavy (non-hydrogen) atoms. The second-order valence-electron chi connectivity index (χ2n) is 7.85. The van der Waals surface area contributed by atoms with Gasteiger partial charge in [-0.25, -0.2) is 9.78 Å². The number of rotatable bonds is 7. The first-order valence-electron chi connectivity index (χ1n) is 10.6. The van der Waals surface area contributed by atoms with Crippen LogP contribution in [0.1, 0.15) is 50.8 Å². The standard InChI is InChI=1S/C25H24N2O5S/c1-15(24(29)20-6-9-23-19(12-20)10-11-27(23)17(3)28)32-25(30)18-4-7-22(8-5-18)31-13-21-14-33-16(2)26-21/h4-9,12,14-15H,10-11,13H2,1-3H3. The number of fused-ring (bicyclic) bond motifs is 1. The molecule has 0 saturated carbocycles. The van der Waals surface area contributed by atoms with Crippen molar-refractivity contribution in [1.82, 2.24) is 4.98 Å². The molecule has 1 aliphatic heterocycles. The highest BCUT2D eigenvalue weighted by Gasteiger charge is 2.25. The highest BCUT2D eigenvalue weighted by Crippen LogP contribution is 2.29. The van der Waals surface area contributed by atoms with E-state index in [1.54, 1.807) is 65.6 Å². The fraction of sp³-hybridized carbons (Fsp3) is 0.280. The first kappa shape index (κ1) is 22.7. The van der Waals surface area contributed by atoms with Crippen LogP contribution in [-0.2, 0) is 22.6 Å². The van der Waals surface area contributed by atoms with E-state index < -0.39 is 12.1 Å². The fourth-order valence-corrected chi connectivity index (χ4v) is 4.32. The Labute approximate surface area is 196 Å². The Bertz CT molecular complexity index is 1200. The number of anilines is 1. The van der Waals surface area contributed by atoms with E-state index in [9.17, 15) is 14.4 Å². The molecule has 1 unspecified atom stereocenters. The summed E-state index contributed by atoms with van der Waals surface area (Å²) in [7, 11) is 0. The normalized spacial score (nSPS) is 13.4. The van der Waals surface area contributed by atoms with Crippen molar-refractivity contribution in [3.63, 3.8) is 0 Å². The van der Waals surface area contributed by atoms with Crippen LogP contribution >= 0.6 is 11.3 Å². The van der Waals surface area contributed by atoms with E-state index in [1.807, 2.05) is 12.3 Å². The monoisotopic (exact) mass is 464 g/mol. The van der Waals surface area contributed by atoms with Gasteiger partial charge >= 0.3 is 5.97 Å². The number of esters is 1. The lowest BCUT2D eigenvalue weighted by Gasteiger charge is -2.16. The molecule has 0 saturated heterocycles. The minimum Gasteiger partial charge on any atom is -0.487 e. The van der Waals surface area contributed by atoms with Crippen LogP contribution in [0.4, 0.5) is 5.69 Å². The third-order valence-electron chi connectivity index (χ3n) is 5.44. The zero-order chi connectivity index (χ0) is 23.5. The summed E-state index contributed by atoms with van der Waals surface area (Å²) in [4.78, 5) is 43.1. The topological polar surface area (TPSA) is 85.8 Å². The molecule has 2 aromatic carbocycles. The smallest absolute Gasteiger partial charge is 0.338 e. The number of carbonyl (C=O) groups is 3. The van der Waals surface area contributed by atoms with E-state index >= 15 is 0 Å². The molecule has 0 spiro atoms. The lowest BCUT2D eigenvalue weighted by atomic mass is 10.0. The van der Waals surface area contributed by atoms with Gasteiger partial charge in [0.25, 0.3) is 0 Å². The van der Waals surface area contributed by atoms with Crippen molar-refractivity contribution in [2.45, 2.75) is 39.9 Å². The predicted molar refractivity (Wildman–Crippen MR) is 125 cm³/mol. The van der Waals surface area contributed by atoms with Crippen molar-refractivity contribution in [1.29, 1.82) is 0 Å². The first-order valence-corrected chi connectivity index (χ1v) is 11.5. The number of hydrogen-bond acceptors (Lipinski definition) is 7. The number of ketones is 1. The number of nitrogens with zero attached hydrogens (tertiary/aromatic N) is 2. The van der Waals surface area contributed by atoms with Gasteiger partial charge in [-0.3, -0.25) is 9.59 Å². The zero-order valence-electron chi connectivity index (χ0n) is 18.7. The average molecular weight is 465 g/mol. The van der Waals surface area contributed by atoms with Gasteiger partial charge in [-0.05, 0) is 68.3 Å². The molecule has 8 heteroatoms. The van der Waals surface area contributed by atoms with Gasteiger partial charge in [0.1, 0.15) is 12.4 Å². The van der Waals surface area contributed by atoms with Crippen molar-refractivity contribution in [2.24, 2.45) is 0 Å². The van der Waals surface area contributed by atoms with E-state index in [1.165, 1.54) is 6.92 Å². The van der Waals surface area contributed by atoms with E-state index in [4.69, 9.17) is 9.47 Å². The van der Waals surface area contributed by atoms with Crippen LogP contribution in [0.2, 0.25) is 0 Å². The molecule has 1 aromatic heterocycles. The Morgan fingerprint density at radius 3 is 2.52 bits per heavy atom. The Morgan fingerprint density at radius 2 is 1.85 bits per heavy atom. The number of hydrogen-bond donors (Lipinski definition) is 0. The Kier molecular flexibility index (Phi) is 6.55. The predicted octanol–water partition coefficient (Wildman–Crippen LogP) is 4.37. The molecule has 170 valence electrons. The first-order chi connectivity index (χ1) is 15.8. The summed E-state index contributed by atoms with van der Waals surface area (Å²) >= 11 is 1.56. The van der Waals surface area contributed by atoms with Crippen LogP contribution in [0.5, 0.6) is 5.75 Å². The molecular formula is C25H24N2O5S. The Morgan fingerprint density at radius 1 is 1.12 bits per heavy atom. The lowest BCUT2D eigenvalue weighted by molar-refractivity contribution is -0.116. The van der Waals surface area contributed by atoms with Crippen LogP contribution in [0.25, 0.3) is 0 Å². The molecule has 1 atom stereocenters. The van der Waals surface area contributed by atoms with Crippen molar-refractivity contribution in [2.75, 3.05) is 11.4 Å². The van der Waals surface area contributed by atoms with Gasteiger partial charge in [0.05, 0.1) is 16.3 Å². The molecule has 0 fully saturated rings. The Balaban J connectivity index is 1.35. The van der Waals surface area contributed by atoms with Crippen molar-refractivity contribution in [3.8, 4) is 5.75 Å². The maximum absolute atomic E-state index is 12.8. The van der Waals surface area contributed by atoms with Gasteiger partial charge in [0.2, 0.25) is 11.7 Å². The molecule has 1 aliphatic rings. The van der Waals surface area contributed by atoms with Gasteiger partial charge in [0.15, 0.2) is 6.10 Å². The van der Waals surface area contributed by atoms with Gasteiger partial charge in [-0.1, -0.05) is 0 Å². The number of benzene rings is 2. The van der Waals surface area contributed by atoms with Crippen LogP contribution in [0.15, 0.2) is 47.8 Å². The lowest BCUT2D eigenvalue weighted by Crippen LogP contribution is -2.26. The number of Topliss-reactive ketones (excluding diaryl/α,β-unsaturated/α-hetero) is 1. The number of thiazole rings is 1. The molecule has 0 radical (unpaired) electrons. The number of aryl methyl sites for hydroxylation is 1. The second kappa shape index (κ2) is 9.54. The summed E-state index contributed by atoms with van der Waals surface area (Å²) in [6.45, 7) is 5.98. The van der Waals surface area contributed by atoms with Gasteiger partial charge < -0.3 is 14.4 Å². The minimum atomic E-state index is -0.940. The third kappa shape index (κ3) is 5.12. The molecule has 0 N–H and O–H groups in total. The molecule has 7 nitrogen and oxygen atoms in total. The summed E-state index contributed by atoms with van der Waals surface area (Å²) in [5, 5.41) is 2.92. The zero-order valence-corrected chi connectivity index (χ0v) is 19.5. The van der Waals surface area contributed by atoms with Crippen LogP contribution in [0.3, 0.4) is 0 Å². The van der Waals surface area contributed by atoms with Crippen LogP contribution in [-0.4, -0.2) is 35.3 Å². The highest BCUT2D eigenvalue weighted by molar-refractivity contribution is 7.09. The number of amides is 1. The quantitative estimate of drug-likeness (QED) is 0.381. The largest absolute Gasteiger partial charge is 0.487 e. The summed E-state index contributed by atoms with van der Waals surface area (Å²) in [6, 6.07) is 11.8. The highest BCUT2D eigenvalue weighted by atomic mass is 32.1. The molecule has 2 heterocycles. The van der Waals surface area contributed by atoms with E-state index in [2.05, 4.69) is 4.98 Å². The van der Waals surface area contributed by atoms with E-state index in [0.717, 1.165) is 22.0 Å². The van der Waals surface area contributed by atoms with Gasteiger partial charge in [0, 0.05) is 30.1 Å². The third-order valence-corrected chi connectivity index (χ3v) is 6.26. The van der Waals surface area contributed by atoms with E-state index in [0.29, 0.717) is 36.4 Å². The maximum Gasteiger partial charge on any atom is 0.338 e. The van der Waals surface area contributed by atoms with Crippen molar-refractivity contribution in [3.05, 3.63) is 75.2 Å². The SMILES string of the molecule is CC(=O)N1CCc2cc(C(=O)C(C)OC(=O)c3ccc(OCc4csc(C)n4)cc3)ccc21. The molecular weight excluding hydrogens is 440 g/mol. The van der Waals surface area contributed by atoms with Crippen LogP contribution < -0.4 is 9.64 Å². The van der Waals surface area contributed by atoms with Crippen molar-refractivity contribution < 1.29 is 23.9 Å². The van der Waals surface area contributed by atoms with Gasteiger partial charge in [-0.2, -0.15) is 0 Å². The molecule has 4 rings (SSSR count). The number of carbonyl (C=O) groups excluding carboxylic acids is 3. The number of ether oxygens (including phenoxy) is 2. The summed E-state index contributed by atoms with van der Waals surface area (Å²) in [5.41, 5.74) is 3.42. The van der Waals surface area contributed by atoms with E-state index in [-0.39, 0.29) is 11.7 Å². The van der Waals surface area contributed by atoms with Crippen molar-refractivity contribution >= 4 is 34.7 Å². The molecule has 0 bridgehead atoms. The molecule has 1 amide bonds.